The van der Waals surface area contributed by atoms with Gasteiger partial charge in [0.1, 0.15) is 0 Å². The molecule has 78 valence electrons. The van der Waals surface area contributed by atoms with Crippen LogP contribution in [0.3, 0.4) is 0 Å². The summed E-state index contributed by atoms with van der Waals surface area (Å²) in [4.78, 5) is 0. The Hall–Kier alpha value is -0.0900. The lowest BCUT2D eigenvalue weighted by atomic mass is 10.3. The molecule has 1 fully saturated rings. The van der Waals surface area contributed by atoms with Crippen LogP contribution >= 0.6 is 0 Å². The summed E-state index contributed by atoms with van der Waals surface area (Å²) in [5, 5.41) is -0.269. The summed E-state index contributed by atoms with van der Waals surface area (Å²) >= 11 is 0. The Kier molecular flexibility index (Phi) is 3.35. The third-order valence-corrected chi connectivity index (χ3v) is 5.17. The summed E-state index contributed by atoms with van der Waals surface area (Å²) < 4.78 is 23.5. The average molecular weight is 205 g/mol. The predicted octanol–water partition coefficient (Wildman–Crippen LogP) is 0.937. The van der Waals surface area contributed by atoms with Crippen molar-refractivity contribution in [1.82, 2.24) is 0 Å². The van der Waals surface area contributed by atoms with Crippen LogP contribution in [0.15, 0.2) is 0 Å². The summed E-state index contributed by atoms with van der Waals surface area (Å²) in [6.07, 6.45) is 2.58. The second-order valence-corrected chi connectivity index (χ2v) is 6.62. The molecule has 0 aromatic carbocycles. The molecule has 13 heavy (non-hydrogen) atoms. The van der Waals surface area contributed by atoms with Crippen LogP contribution in [-0.4, -0.2) is 25.5 Å². The highest BCUT2D eigenvalue weighted by Gasteiger charge is 2.35. The first kappa shape index (κ1) is 11.0. The molecule has 0 heterocycles. The summed E-state index contributed by atoms with van der Waals surface area (Å²) in [7, 11) is -2.93. The molecule has 1 saturated carbocycles. The van der Waals surface area contributed by atoms with Crippen molar-refractivity contribution in [2.45, 2.75) is 44.4 Å². The van der Waals surface area contributed by atoms with Crippen LogP contribution in [0.4, 0.5) is 0 Å². The Morgan fingerprint density at radius 2 is 2.00 bits per heavy atom. The van der Waals surface area contributed by atoms with Crippen molar-refractivity contribution in [1.29, 1.82) is 0 Å². The molecule has 1 aliphatic rings. The predicted molar refractivity (Wildman–Crippen MR) is 54.2 cm³/mol. The van der Waals surface area contributed by atoms with Crippen molar-refractivity contribution < 1.29 is 8.42 Å². The van der Waals surface area contributed by atoms with Gasteiger partial charge in [-0.15, -0.1) is 0 Å². The minimum absolute atomic E-state index is 0.122. The van der Waals surface area contributed by atoms with Crippen molar-refractivity contribution in [3.63, 3.8) is 0 Å². The first-order chi connectivity index (χ1) is 5.93. The average Bonchev–Trinajstić information content (AvgIpc) is 2.32. The number of hydrogen-bond acceptors (Lipinski definition) is 3. The third-order valence-electron chi connectivity index (χ3n) is 2.53. The van der Waals surface area contributed by atoms with E-state index in [9.17, 15) is 8.42 Å². The minimum Gasteiger partial charge on any atom is -0.327 e. The fraction of sp³-hybridized carbons (Fsp3) is 1.00. The minimum atomic E-state index is -2.93. The SMILES string of the molecule is CC(C)CS(=O)(=O)C1CCCC1N. The van der Waals surface area contributed by atoms with Gasteiger partial charge in [-0.25, -0.2) is 8.42 Å². The van der Waals surface area contributed by atoms with Crippen molar-refractivity contribution in [2.75, 3.05) is 5.75 Å². The summed E-state index contributed by atoms with van der Waals surface area (Å²) in [5.74, 6) is 0.489. The molecule has 0 amide bonds. The van der Waals surface area contributed by atoms with Gasteiger partial charge in [0, 0.05) is 6.04 Å². The second-order valence-electron chi connectivity index (χ2n) is 4.36. The molecule has 0 radical (unpaired) electrons. The van der Waals surface area contributed by atoms with Gasteiger partial charge in [-0.1, -0.05) is 20.3 Å². The molecule has 1 aliphatic carbocycles. The molecular weight excluding hydrogens is 186 g/mol. The van der Waals surface area contributed by atoms with Crippen molar-refractivity contribution in [2.24, 2.45) is 11.7 Å². The Bertz CT molecular complexity index is 259. The molecule has 3 nitrogen and oxygen atoms in total. The zero-order chi connectivity index (χ0) is 10.1. The standard InChI is InChI=1S/C9H19NO2S/c1-7(2)6-13(11,12)9-5-3-4-8(9)10/h7-9H,3-6,10H2,1-2H3. The van der Waals surface area contributed by atoms with E-state index in [1.807, 2.05) is 13.8 Å². The first-order valence-electron chi connectivity index (χ1n) is 4.90. The van der Waals surface area contributed by atoms with E-state index in [2.05, 4.69) is 0 Å². The fourth-order valence-electron chi connectivity index (χ4n) is 1.99. The van der Waals surface area contributed by atoms with Crippen LogP contribution in [0.1, 0.15) is 33.1 Å². The van der Waals surface area contributed by atoms with Gasteiger partial charge in [0.25, 0.3) is 0 Å². The van der Waals surface area contributed by atoms with Crippen LogP contribution in [-0.2, 0) is 9.84 Å². The summed E-state index contributed by atoms with van der Waals surface area (Å²) in [6, 6.07) is -0.122. The van der Waals surface area contributed by atoms with Crippen LogP contribution in [0.2, 0.25) is 0 Å². The van der Waals surface area contributed by atoms with Crippen LogP contribution in [0.25, 0.3) is 0 Å². The summed E-state index contributed by atoms with van der Waals surface area (Å²) in [5.41, 5.74) is 5.76. The fourth-order valence-corrected chi connectivity index (χ4v) is 4.36. The molecule has 4 heteroatoms. The molecule has 2 atom stereocenters. The highest BCUT2D eigenvalue weighted by atomic mass is 32.2. The molecule has 2 unspecified atom stereocenters. The lowest BCUT2D eigenvalue weighted by Gasteiger charge is -2.17. The molecular formula is C9H19NO2S. The Balaban J connectivity index is 2.69. The van der Waals surface area contributed by atoms with Gasteiger partial charge in [-0.3, -0.25) is 0 Å². The van der Waals surface area contributed by atoms with E-state index in [0.717, 1.165) is 19.3 Å². The van der Waals surface area contributed by atoms with Gasteiger partial charge in [0.2, 0.25) is 0 Å². The quantitative estimate of drug-likeness (QED) is 0.746. The Morgan fingerprint density at radius 1 is 1.38 bits per heavy atom. The van der Waals surface area contributed by atoms with E-state index in [4.69, 9.17) is 5.73 Å². The van der Waals surface area contributed by atoms with Gasteiger partial charge >= 0.3 is 0 Å². The van der Waals surface area contributed by atoms with Gasteiger partial charge in [0.05, 0.1) is 11.0 Å². The molecule has 0 aliphatic heterocycles. The smallest absolute Gasteiger partial charge is 0.154 e. The topological polar surface area (TPSA) is 60.2 Å². The zero-order valence-electron chi connectivity index (χ0n) is 8.36. The molecule has 0 spiro atoms. The number of hydrogen-bond donors (Lipinski definition) is 1. The van der Waals surface area contributed by atoms with Crippen molar-refractivity contribution in [3.8, 4) is 0 Å². The lowest BCUT2D eigenvalue weighted by Crippen LogP contribution is -2.37. The molecule has 2 N–H and O–H groups in total. The van der Waals surface area contributed by atoms with E-state index in [-0.39, 0.29) is 23.0 Å². The highest BCUT2D eigenvalue weighted by molar-refractivity contribution is 7.92. The number of nitrogens with two attached hydrogens (primary N) is 1. The van der Waals surface area contributed by atoms with Gasteiger partial charge in [-0.05, 0) is 18.8 Å². The van der Waals surface area contributed by atoms with Crippen molar-refractivity contribution >= 4 is 9.84 Å². The molecule has 0 aromatic rings. The maximum absolute atomic E-state index is 11.8. The first-order valence-corrected chi connectivity index (χ1v) is 6.62. The lowest BCUT2D eigenvalue weighted by molar-refractivity contribution is 0.556. The molecule has 0 saturated heterocycles. The third kappa shape index (κ3) is 2.68. The normalized spacial score (nSPS) is 29.8. The van der Waals surface area contributed by atoms with Gasteiger partial charge in [-0.2, -0.15) is 0 Å². The van der Waals surface area contributed by atoms with E-state index < -0.39 is 9.84 Å². The Labute approximate surface area is 80.6 Å². The van der Waals surface area contributed by atoms with Crippen LogP contribution < -0.4 is 5.73 Å². The van der Waals surface area contributed by atoms with Crippen LogP contribution in [0.5, 0.6) is 0 Å². The zero-order valence-corrected chi connectivity index (χ0v) is 9.18. The van der Waals surface area contributed by atoms with Gasteiger partial charge < -0.3 is 5.73 Å². The van der Waals surface area contributed by atoms with Crippen LogP contribution in [0, 0.1) is 5.92 Å². The van der Waals surface area contributed by atoms with E-state index in [1.54, 1.807) is 0 Å². The maximum atomic E-state index is 11.8. The summed E-state index contributed by atoms with van der Waals surface area (Å²) in [6.45, 7) is 3.86. The number of sulfone groups is 1. The Morgan fingerprint density at radius 3 is 2.38 bits per heavy atom. The monoisotopic (exact) mass is 205 g/mol. The van der Waals surface area contributed by atoms with E-state index in [0.29, 0.717) is 0 Å². The van der Waals surface area contributed by atoms with Crippen molar-refractivity contribution in [3.05, 3.63) is 0 Å². The second kappa shape index (κ2) is 3.96. The molecule has 0 bridgehead atoms. The largest absolute Gasteiger partial charge is 0.327 e. The molecule has 0 aromatic heterocycles. The highest BCUT2D eigenvalue weighted by Crippen LogP contribution is 2.25. The number of rotatable bonds is 3. The van der Waals surface area contributed by atoms with Gasteiger partial charge in [0.15, 0.2) is 9.84 Å². The maximum Gasteiger partial charge on any atom is 0.154 e. The van der Waals surface area contributed by atoms with E-state index >= 15 is 0 Å². The molecule has 1 rings (SSSR count). The van der Waals surface area contributed by atoms with E-state index in [1.165, 1.54) is 0 Å².